The fraction of sp³-hybridized carbons (Fsp3) is 0.429. The maximum atomic E-state index is 4.32. The van der Waals surface area contributed by atoms with E-state index in [9.17, 15) is 0 Å². The van der Waals surface area contributed by atoms with E-state index < -0.39 is 0 Å². The molecule has 3 heterocycles. The summed E-state index contributed by atoms with van der Waals surface area (Å²) in [5.74, 6) is 2.45. The van der Waals surface area contributed by atoms with Gasteiger partial charge in [-0.3, -0.25) is 10.1 Å². The molecule has 0 atom stereocenters. The van der Waals surface area contributed by atoms with E-state index in [1.165, 1.54) is 49.8 Å². The van der Waals surface area contributed by atoms with Crippen molar-refractivity contribution in [1.29, 1.82) is 0 Å². The van der Waals surface area contributed by atoms with Crippen LogP contribution < -0.4 is 0 Å². The molecule has 4 heteroatoms. The first-order chi connectivity index (χ1) is 25.6. The Labute approximate surface area is 325 Å². The number of fused-ring (bicyclic) bond motifs is 3. The zero-order valence-corrected chi connectivity index (χ0v) is 36.3. The predicted molar refractivity (Wildman–Crippen MR) is 241 cm³/mol. The van der Waals surface area contributed by atoms with E-state index in [4.69, 9.17) is 0 Å². The lowest BCUT2D eigenvalue weighted by Crippen LogP contribution is -1.87. The van der Waals surface area contributed by atoms with E-state index in [1.807, 2.05) is 80.1 Å². The Kier molecular flexibility index (Phi) is 25.8. The number of H-pyrrole nitrogens is 2. The number of benzene rings is 4. The first-order valence-corrected chi connectivity index (χ1v) is 20.3. The summed E-state index contributed by atoms with van der Waals surface area (Å²) in [4.78, 5) is 7.53. The molecule has 1 aliphatic heterocycles. The fourth-order valence-electron chi connectivity index (χ4n) is 5.05. The zero-order chi connectivity index (χ0) is 40.3. The summed E-state index contributed by atoms with van der Waals surface area (Å²) in [6, 6.07) is 32.2. The van der Waals surface area contributed by atoms with E-state index in [2.05, 4.69) is 160 Å². The van der Waals surface area contributed by atoms with Crippen LogP contribution in [0.3, 0.4) is 0 Å². The van der Waals surface area contributed by atoms with Crippen LogP contribution in [0.1, 0.15) is 162 Å². The molecule has 2 aromatic heterocycles. The smallest absolute Gasteiger partial charge is 0.0664 e. The van der Waals surface area contributed by atoms with E-state index >= 15 is 0 Å². The van der Waals surface area contributed by atoms with Crippen LogP contribution in [-0.4, -0.2) is 21.4 Å². The molecule has 7 rings (SSSR count). The van der Waals surface area contributed by atoms with Gasteiger partial charge in [0.15, 0.2) is 0 Å². The van der Waals surface area contributed by atoms with Gasteiger partial charge in [0.1, 0.15) is 0 Å². The van der Waals surface area contributed by atoms with Crippen LogP contribution in [0, 0.1) is 0 Å². The molecule has 4 aromatic carbocycles. The third kappa shape index (κ3) is 16.8. The number of aromatic amines is 2. The molecule has 0 saturated heterocycles. The maximum absolute atomic E-state index is 4.32. The van der Waals surface area contributed by atoms with Crippen LogP contribution in [0.4, 0.5) is 5.69 Å². The minimum Gasteiger partial charge on any atom is -0.361 e. The SMILES string of the molecule is CC.CC.CC.CC.CC(C)c1ccc2c(c1)N=CC2.CC(C)c1ccc2cc[nH]c2c1.CC(C)c1ccc2cn[nH]c2c1.CC(C)c1ccccc1. The average Bonchev–Trinajstić information content (AvgIpc) is 3.99. The number of nitrogens with zero attached hydrogens (tertiary/aromatic N) is 2. The van der Waals surface area contributed by atoms with Gasteiger partial charge >= 0.3 is 0 Å². The predicted octanol–water partition coefficient (Wildman–Crippen LogP) is 16.0. The van der Waals surface area contributed by atoms with Gasteiger partial charge in [-0.15, -0.1) is 0 Å². The number of hydrogen-bond donors (Lipinski definition) is 2. The molecule has 53 heavy (non-hydrogen) atoms. The average molecular weight is 719 g/mol. The number of rotatable bonds is 4. The highest BCUT2D eigenvalue weighted by molar-refractivity contribution is 5.80. The summed E-state index contributed by atoms with van der Waals surface area (Å²) >= 11 is 0. The van der Waals surface area contributed by atoms with Gasteiger partial charge in [-0.2, -0.15) is 5.10 Å². The zero-order valence-electron chi connectivity index (χ0n) is 36.3. The Balaban J connectivity index is 0.000000642. The van der Waals surface area contributed by atoms with Gasteiger partial charge in [0.2, 0.25) is 0 Å². The van der Waals surface area contributed by atoms with E-state index in [1.54, 1.807) is 0 Å². The Hall–Kier alpha value is -4.44. The van der Waals surface area contributed by atoms with Crippen molar-refractivity contribution < 1.29 is 0 Å². The summed E-state index contributed by atoms with van der Waals surface area (Å²) in [5.41, 5.74) is 10.4. The molecule has 0 amide bonds. The molecule has 0 radical (unpaired) electrons. The van der Waals surface area contributed by atoms with Gasteiger partial charge in [-0.1, -0.05) is 178 Å². The molecular weight excluding hydrogens is 645 g/mol. The monoisotopic (exact) mass is 719 g/mol. The molecule has 0 fully saturated rings. The number of aromatic nitrogens is 3. The Bertz CT molecular complexity index is 1710. The third-order valence-corrected chi connectivity index (χ3v) is 8.16. The van der Waals surface area contributed by atoms with Crippen LogP contribution in [0.25, 0.3) is 21.8 Å². The van der Waals surface area contributed by atoms with Crippen molar-refractivity contribution in [3.8, 4) is 0 Å². The second kappa shape index (κ2) is 28.1. The number of aliphatic imine (C=N–C) groups is 1. The molecule has 290 valence electrons. The van der Waals surface area contributed by atoms with Crippen LogP contribution in [0.2, 0.25) is 0 Å². The minimum absolute atomic E-state index is 0.581. The molecular formula is C49H74N4. The first kappa shape index (κ1) is 48.6. The normalized spacial score (nSPS) is 10.4. The van der Waals surface area contributed by atoms with E-state index in [0.717, 1.165) is 11.9 Å². The quantitative estimate of drug-likeness (QED) is 0.187. The fourth-order valence-corrected chi connectivity index (χ4v) is 5.05. The maximum Gasteiger partial charge on any atom is 0.0664 e. The van der Waals surface area contributed by atoms with Crippen LogP contribution in [-0.2, 0) is 6.42 Å². The van der Waals surface area contributed by atoms with Crippen molar-refractivity contribution in [1.82, 2.24) is 15.2 Å². The lowest BCUT2D eigenvalue weighted by molar-refractivity contribution is 0.866. The summed E-state index contributed by atoms with van der Waals surface area (Å²) in [6.07, 6.45) is 6.82. The largest absolute Gasteiger partial charge is 0.361 e. The molecule has 0 saturated carbocycles. The molecule has 1 aliphatic rings. The second-order valence-corrected chi connectivity index (χ2v) is 13.0. The highest BCUT2D eigenvalue weighted by Gasteiger charge is 2.08. The van der Waals surface area contributed by atoms with Gasteiger partial charge in [0.25, 0.3) is 0 Å². The highest BCUT2D eigenvalue weighted by atomic mass is 15.1. The first-order valence-electron chi connectivity index (χ1n) is 20.3. The van der Waals surface area contributed by atoms with Gasteiger partial charge in [-0.05, 0) is 81.1 Å². The van der Waals surface area contributed by atoms with Crippen molar-refractivity contribution in [2.75, 3.05) is 0 Å². The Morgan fingerprint density at radius 3 is 1.51 bits per heavy atom. The molecule has 0 aliphatic carbocycles. The summed E-state index contributed by atoms with van der Waals surface area (Å²) in [5, 5.41) is 9.41. The standard InChI is InChI=1S/2C11H13N.C10H12N2.C9H12.4C2H6/c2*1-8(2)10-4-3-9-5-6-12-11(9)7-10;1-7(2)8-3-4-9-6-11-12-10(9)5-8;1-8(2)9-6-4-3-5-7-9;4*1-2/h3-4,6-8H,5H2,1-2H3;3-8,12H,1-2H3;3-7H,1-2H3,(H,11,12);3-8H,1-2H3;4*1-2H3. The minimum atomic E-state index is 0.581. The lowest BCUT2D eigenvalue weighted by atomic mass is 10.0. The van der Waals surface area contributed by atoms with Crippen molar-refractivity contribution in [2.45, 2.75) is 141 Å². The molecule has 2 N–H and O–H groups in total. The molecule has 0 bridgehead atoms. The summed E-state index contributed by atoms with van der Waals surface area (Å²) in [7, 11) is 0. The summed E-state index contributed by atoms with van der Waals surface area (Å²) in [6.45, 7) is 33.6. The van der Waals surface area contributed by atoms with Crippen LogP contribution in [0.15, 0.2) is 108 Å². The second-order valence-electron chi connectivity index (χ2n) is 13.0. The van der Waals surface area contributed by atoms with E-state index in [0.29, 0.717) is 23.7 Å². The van der Waals surface area contributed by atoms with Crippen molar-refractivity contribution in [3.63, 3.8) is 0 Å². The van der Waals surface area contributed by atoms with Gasteiger partial charge in [-0.25, -0.2) is 0 Å². The van der Waals surface area contributed by atoms with Crippen LogP contribution >= 0.6 is 0 Å². The Morgan fingerprint density at radius 1 is 0.491 bits per heavy atom. The molecule has 0 spiro atoms. The van der Waals surface area contributed by atoms with Crippen LogP contribution in [0.5, 0.6) is 0 Å². The number of nitrogens with one attached hydrogen (secondary N) is 2. The highest BCUT2D eigenvalue weighted by Crippen LogP contribution is 2.28. The summed E-state index contributed by atoms with van der Waals surface area (Å²) < 4.78 is 0. The topological polar surface area (TPSA) is 56.8 Å². The molecule has 4 nitrogen and oxygen atoms in total. The van der Waals surface area contributed by atoms with E-state index in [-0.39, 0.29) is 0 Å². The molecule has 0 unspecified atom stereocenters. The number of hydrogen-bond acceptors (Lipinski definition) is 2. The van der Waals surface area contributed by atoms with Gasteiger partial charge in [0, 0.05) is 29.7 Å². The lowest BCUT2D eigenvalue weighted by Gasteiger charge is -2.06. The van der Waals surface area contributed by atoms with Crippen molar-refractivity contribution >= 4 is 33.7 Å². The van der Waals surface area contributed by atoms with Crippen molar-refractivity contribution in [2.24, 2.45) is 4.99 Å². The third-order valence-electron chi connectivity index (χ3n) is 8.16. The van der Waals surface area contributed by atoms with Gasteiger partial charge < -0.3 is 4.98 Å². The van der Waals surface area contributed by atoms with Gasteiger partial charge in [0.05, 0.1) is 17.4 Å². The Morgan fingerprint density at radius 2 is 0.981 bits per heavy atom. The van der Waals surface area contributed by atoms with Crippen molar-refractivity contribution in [3.05, 3.63) is 131 Å². The molecule has 6 aromatic rings.